The maximum absolute atomic E-state index is 13.4. The molecule has 0 spiro atoms. The molecule has 0 bridgehead atoms. The summed E-state index contributed by atoms with van der Waals surface area (Å²) in [6.45, 7) is 1.72. The quantitative estimate of drug-likeness (QED) is 0.881. The Hall–Kier alpha value is -1.92. The van der Waals surface area contributed by atoms with Crippen LogP contribution >= 0.6 is 0 Å². The van der Waals surface area contributed by atoms with Crippen LogP contribution in [0.15, 0.2) is 53.4 Å². The summed E-state index contributed by atoms with van der Waals surface area (Å²) in [7, 11) is -3.73. The van der Waals surface area contributed by atoms with Crippen LogP contribution in [0.25, 0.3) is 0 Å². The van der Waals surface area contributed by atoms with Gasteiger partial charge in [0.2, 0.25) is 10.0 Å². The van der Waals surface area contributed by atoms with E-state index >= 15 is 0 Å². The van der Waals surface area contributed by atoms with Crippen molar-refractivity contribution in [2.45, 2.75) is 24.0 Å². The summed E-state index contributed by atoms with van der Waals surface area (Å²) in [5.41, 5.74) is 0.824. The SMILES string of the molecule is CC1NS(=O)(=O)c2ccc(F)cc2OC1c1ccccc1. The molecule has 4 nitrogen and oxygen atoms in total. The Morgan fingerprint density at radius 3 is 2.57 bits per heavy atom. The number of ether oxygens (including phenoxy) is 1. The van der Waals surface area contributed by atoms with Gasteiger partial charge in [-0.25, -0.2) is 17.5 Å². The highest BCUT2D eigenvalue weighted by molar-refractivity contribution is 7.89. The number of halogens is 1. The standard InChI is InChI=1S/C15H14FNO3S/c1-10-15(11-5-3-2-4-6-11)20-13-9-12(16)7-8-14(13)21(18,19)17-10/h2-10,15,17H,1H3. The summed E-state index contributed by atoms with van der Waals surface area (Å²) in [5.74, 6) is -0.508. The molecule has 0 saturated heterocycles. The molecule has 1 N–H and O–H groups in total. The van der Waals surface area contributed by atoms with Gasteiger partial charge in [0.1, 0.15) is 22.6 Å². The second-order valence-corrected chi connectivity index (χ2v) is 6.63. The second-order valence-electron chi connectivity index (χ2n) is 4.95. The summed E-state index contributed by atoms with van der Waals surface area (Å²) in [6, 6.07) is 12.2. The van der Waals surface area contributed by atoms with Crippen molar-refractivity contribution in [1.82, 2.24) is 4.72 Å². The highest BCUT2D eigenvalue weighted by atomic mass is 32.2. The lowest BCUT2D eigenvalue weighted by atomic mass is 10.0. The minimum Gasteiger partial charge on any atom is -0.483 e. The molecule has 6 heteroatoms. The van der Waals surface area contributed by atoms with Crippen LogP contribution in [0.4, 0.5) is 4.39 Å². The van der Waals surface area contributed by atoms with Gasteiger partial charge in [-0.2, -0.15) is 0 Å². The molecule has 0 radical (unpaired) electrons. The van der Waals surface area contributed by atoms with Gasteiger partial charge in [-0.3, -0.25) is 0 Å². The van der Waals surface area contributed by atoms with Crippen molar-refractivity contribution in [3.8, 4) is 5.75 Å². The minimum absolute atomic E-state index is 0.0284. The van der Waals surface area contributed by atoms with Crippen LogP contribution in [0.5, 0.6) is 5.75 Å². The van der Waals surface area contributed by atoms with Gasteiger partial charge in [-0.15, -0.1) is 0 Å². The third-order valence-electron chi connectivity index (χ3n) is 3.37. The highest BCUT2D eigenvalue weighted by Gasteiger charge is 2.33. The van der Waals surface area contributed by atoms with Crippen LogP contribution in [0.2, 0.25) is 0 Å². The van der Waals surface area contributed by atoms with Gasteiger partial charge in [0, 0.05) is 6.07 Å². The van der Waals surface area contributed by atoms with E-state index in [9.17, 15) is 12.8 Å². The first-order valence-corrected chi connectivity index (χ1v) is 7.99. The second kappa shape index (κ2) is 5.13. The number of benzene rings is 2. The Morgan fingerprint density at radius 2 is 1.86 bits per heavy atom. The van der Waals surface area contributed by atoms with E-state index in [0.717, 1.165) is 17.7 Å². The number of hydrogen-bond donors (Lipinski definition) is 1. The summed E-state index contributed by atoms with van der Waals surface area (Å²) in [6.07, 6.45) is -0.524. The average molecular weight is 307 g/mol. The van der Waals surface area contributed by atoms with Crippen molar-refractivity contribution in [3.05, 3.63) is 59.9 Å². The maximum atomic E-state index is 13.4. The Kier molecular flexibility index (Phi) is 3.43. The zero-order chi connectivity index (χ0) is 15.0. The number of fused-ring (bicyclic) bond motifs is 1. The summed E-state index contributed by atoms with van der Waals surface area (Å²) < 4.78 is 46.3. The third kappa shape index (κ3) is 2.64. The van der Waals surface area contributed by atoms with E-state index in [1.165, 1.54) is 6.07 Å². The van der Waals surface area contributed by atoms with E-state index in [4.69, 9.17) is 4.74 Å². The van der Waals surface area contributed by atoms with E-state index in [-0.39, 0.29) is 10.6 Å². The largest absolute Gasteiger partial charge is 0.483 e. The molecule has 0 fully saturated rings. The first-order chi connectivity index (χ1) is 9.97. The molecule has 0 amide bonds. The lowest BCUT2D eigenvalue weighted by molar-refractivity contribution is 0.173. The molecule has 1 heterocycles. The molecule has 0 aliphatic carbocycles. The molecular weight excluding hydrogens is 293 g/mol. The van der Waals surface area contributed by atoms with Crippen molar-refractivity contribution in [1.29, 1.82) is 0 Å². The predicted octanol–water partition coefficient (Wildman–Crippen LogP) is 2.63. The number of sulfonamides is 1. The summed E-state index contributed by atoms with van der Waals surface area (Å²) in [4.78, 5) is -0.0471. The molecule has 2 unspecified atom stereocenters. The van der Waals surface area contributed by atoms with Crippen molar-refractivity contribution in [2.24, 2.45) is 0 Å². The third-order valence-corrected chi connectivity index (χ3v) is 4.97. The fraction of sp³-hybridized carbons (Fsp3) is 0.200. The van der Waals surface area contributed by atoms with Crippen molar-refractivity contribution < 1.29 is 17.5 Å². The van der Waals surface area contributed by atoms with E-state index < -0.39 is 28.0 Å². The van der Waals surface area contributed by atoms with Gasteiger partial charge in [0.25, 0.3) is 0 Å². The van der Waals surface area contributed by atoms with E-state index in [1.54, 1.807) is 6.92 Å². The molecule has 3 rings (SSSR count). The maximum Gasteiger partial charge on any atom is 0.244 e. The van der Waals surface area contributed by atoms with Crippen LogP contribution in [0.1, 0.15) is 18.6 Å². The van der Waals surface area contributed by atoms with Crippen molar-refractivity contribution in [3.63, 3.8) is 0 Å². The van der Waals surface area contributed by atoms with E-state index in [1.807, 2.05) is 30.3 Å². The zero-order valence-electron chi connectivity index (χ0n) is 11.3. The van der Waals surface area contributed by atoms with Gasteiger partial charge in [-0.05, 0) is 24.6 Å². The average Bonchev–Trinajstić information content (AvgIpc) is 2.53. The fourth-order valence-electron chi connectivity index (χ4n) is 2.40. The normalized spacial score (nSPS) is 23.7. The number of hydrogen-bond acceptors (Lipinski definition) is 3. The van der Waals surface area contributed by atoms with Gasteiger partial charge in [0.05, 0.1) is 6.04 Å². The molecule has 110 valence electrons. The summed E-state index contributed by atoms with van der Waals surface area (Å²) >= 11 is 0. The molecule has 0 aromatic heterocycles. The first kappa shape index (κ1) is 14.0. The molecule has 1 aliphatic heterocycles. The van der Waals surface area contributed by atoms with Gasteiger partial charge < -0.3 is 4.74 Å². The monoisotopic (exact) mass is 307 g/mol. The smallest absolute Gasteiger partial charge is 0.244 e. The molecule has 2 aromatic carbocycles. The van der Waals surface area contributed by atoms with Crippen LogP contribution in [-0.2, 0) is 10.0 Å². The highest BCUT2D eigenvalue weighted by Crippen LogP contribution is 2.34. The zero-order valence-corrected chi connectivity index (χ0v) is 12.1. The van der Waals surface area contributed by atoms with E-state index in [0.29, 0.717) is 0 Å². The van der Waals surface area contributed by atoms with Crippen LogP contribution in [-0.4, -0.2) is 14.5 Å². The molecule has 2 atom stereocenters. The Morgan fingerprint density at radius 1 is 1.14 bits per heavy atom. The first-order valence-electron chi connectivity index (χ1n) is 6.51. The van der Waals surface area contributed by atoms with Crippen molar-refractivity contribution in [2.75, 3.05) is 0 Å². The van der Waals surface area contributed by atoms with Gasteiger partial charge >= 0.3 is 0 Å². The van der Waals surface area contributed by atoms with Gasteiger partial charge in [-0.1, -0.05) is 30.3 Å². The van der Waals surface area contributed by atoms with Crippen LogP contribution < -0.4 is 9.46 Å². The van der Waals surface area contributed by atoms with Crippen LogP contribution in [0, 0.1) is 5.82 Å². The van der Waals surface area contributed by atoms with Gasteiger partial charge in [0.15, 0.2) is 0 Å². The van der Waals surface area contributed by atoms with E-state index in [2.05, 4.69) is 4.72 Å². The fourth-order valence-corrected chi connectivity index (χ4v) is 3.76. The molecule has 2 aromatic rings. The minimum atomic E-state index is -3.73. The van der Waals surface area contributed by atoms with Crippen molar-refractivity contribution >= 4 is 10.0 Å². The topological polar surface area (TPSA) is 55.4 Å². The lowest BCUT2D eigenvalue weighted by Gasteiger charge is -2.22. The number of rotatable bonds is 1. The molecule has 21 heavy (non-hydrogen) atoms. The molecule has 1 aliphatic rings. The predicted molar refractivity (Wildman–Crippen MR) is 76.0 cm³/mol. The van der Waals surface area contributed by atoms with Crippen LogP contribution in [0.3, 0.4) is 0 Å². The molecular formula is C15H14FNO3S. The Labute approximate surface area is 122 Å². The Bertz CT molecular complexity index is 762. The molecule has 0 saturated carbocycles. The number of nitrogens with one attached hydrogen (secondary N) is 1. The Balaban J connectivity index is 2.12. The lowest BCUT2D eigenvalue weighted by Crippen LogP contribution is -2.36. The summed E-state index contributed by atoms with van der Waals surface area (Å²) in [5, 5.41) is 0.